The highest BCUT2D eigenvalue weighted by atomic mass is 19.2. The SMILES string of the molecule is Cc1cc(Nc2nc(Nc3ccc(F)c(F)c3)cc(-c3ccccc3)n2)no1. The number of halogens is 2. The van der Waals surface area contributed by atoms with Crippen molar-refractivity contribution in [3.8, 4) is 11.3 Å². The minimum absolute atomic E-state index is 0.278. The first-order chi connectivity index (χ1) is 13.6. The Labute approximate surface area is 159 Å². The molecule has 0 fully saturated rings. The lowest BCUT2D eigenvalue weighted by Gasteiger charge is -2.11. The van der Waals surface area contributed by atoms with Crippen molar-refractivity contribution in [3.05, 3.63) is 78.1 Å². The van der Waals surface area contributed by atoms with Crippen LogP contribution in [-0.4, -0.2) is 15.1 Å². The first-order valence-electron chi connectivity index (χ1n) is 8.44. The van der Waals surface area contributed by atoms with Gasteiger partial charge in [-0.3, -0.25) is 0 Å². The lowest BCUT2D eigenvalue weighted by Crippen LogP contribution is -2.03. The van der Waals surface area contributed by atoms with E-state index in [4.69, 9.17) is 4.52 Å². The molecule has 2 heterocycles. The third-order valence-corrected chi connectivity index (χ3v) is 3.86. The molecular formula is C20H15F2N5O. The number of nitrogens with one attached hydrogen (secondary N) is 2. The van der Waals surface area contributed by atoms with E-state index in [-0.39, 0.29) is 5.95 Å². The van der Waals surface area contributed by atoms with Crippen molar-refractivity contribution in [2.24, 2.45) is 0 Å². The summed E-state index contributed by atoms with van der Waals surface area (Å²) in [6.07, 6.45) is 0. The molecule has 0 saturated carbocycles. The fourth-order valence-corrected chi connectivity index (χ4v) is 2.59. The van der Waals surface area contributed by atoms with Gasteiger partial charge >= 0.3 is 0 Å². The summed E-state index contributed by atoms with van der Waals surface area (Å²) in [6.45, 7) is 1.77. The Kier molecular flexibility index (Phi) is 4.67. The zero-order chi connectivity index (χ0) is 19.5. The highest BCUT2D eigenvalue weighted by molar-refractivity contribution is 5.68. The van der Waals surface area contributed by atoms with Gasteiger partial charge in [-0.25, -0.2) is 13.8 Å². The monoisotopic (exact) mass is 379 g/mol. The number of nitrogens with zero attached hydrogens (tertiary/aromatic N) is 3. The van der Waals surface area contributed by atoms with Crippen molar-refractivity contribution < 1.29 is 13.3 Å². The summed E-state index contributed by atoms with van der Waals surface area (Å²) in [5.74, 6) is -0.0774. The molecule has 8 heteroatoms. The number of rotatable bonds is 5. The van der Waals surface area contributed by atoms with Crippen LogP contribution in [-0.2, 0) is 0 Å². The highest BCUT2D eigenvalue weighted by Gasteiger charge is 2.10. The summed E-state index contributed by atoms with van der Waals surface area (Å²) in [5.41, 5.74) is 1.88. The Morgan fingerprint density at radius 2 is 1.64 bits per heavy atom. The van der Waals surface area contributed by atoms with Gasteiger partial charge in [0.2, 0.25) is 5.95 Å². The number of hydrogen-bond acceptors (Lipinski definition) is 6. The summed E-state index contributed by atoms with van der Waals surface area (Å²) >= 11 is 0. The summed E-state index contributed by atoms with van der Waals surface area (Å²) in [4.78, 5) is 8.88. The topological polar surface area (TPSA) is 75.9 Å². The second kappa shape index (κ2) is 7.43. The zero-order valence-corrected chi connectivity index (χ0v) is 14.8. The number of anilines is 4. The maximum Gasteiger partial charge on any atom is 0.231 e. The predicted octanol–water partition coefficient (Wildman–Crippen LogP) is 5.21. The Balaban J connectivity index is 1.71. The average molecular weight is 379 g/mol. The van der Waals surface area contributed by atoms with Crippen LogP contribution in [0.3, 0.4) is 0 Å². The predicted molar refractivity (Wildman–Crippen MR) is 102 cm³/mol. The van der Waals surface area contributed by atoms with Gasteiger partial charge in [0.15, 0.2) is 17.5 Å². The van der Waals surface area contributed by atoms with E-state index >= 15 is 0 Å². The quantitative estimate of drug-likeness (QED) is 0.496. The molecular weight excluding hydrogens is 364 g/mol. The van der Waals surface area contributed by atoms with Gasteiger partial charge in [0, 0.05) is 29.4 Å². The minimum atomic E-state index is -0.946. The molecule has 4 rings (SSSR count). The number of aryl methyl sites for hydroxylation is 1. The molecule has 0 spiro atoms. The molecule has 0 radical (unpaired) electrons. The van der Waals surface area contributed by atoms with E-state index in [2.05, 4.69) is 25.8 Å². The summed E-state index contributed by atoms with van der Waals surface area (Å²) in [5, 5.41) is 9.82. The van der Waals surface area contributed by atoms with Gasteiger partial charge in [-0.15, -0.1) is 0 Å². The maximum atomic E-state index is 13.5. The van der Waals surface area contributed by atoms with Crippen LogP contribution >= 0.6 is 0 Å². The van der Waals surface area contributed by atoms with Gasteiger partial charge < -0.3 is 15.2 Å². The van der Waals surface area contributed by atoms with Crippen LogP contribution in [0.5, 0.6) is 0 Å². The smallest absolute Gasteiger partial charge is 0.231 e. The second-order valence-electron chi connectivity index (χ2n) is 6.03. The van der Waals surface area contributed by atoms with Crippen molar-refractivity contribution in [1.29, 1.82) is 0 Å². The van der Waals surface area contributed by atoms with Gasteiger partial charge in [0.05, 0.1) is 5.69 Å². The Hall–Kier alpha value is -3.81. The van der Waals surface area contributed by atoms with Gasteiger partial charge in [0.1, 0.15) is 11.6 Å². The van der Waals surface area contributed by atoms with E-state index in [1.165, 1.54) is 6.07 Å². The van der Waals surface area contributed by atoms with Crippen molar-refractivity contribution >= 4 is 23.3 Å². The fourth-order valence-electron chi connectivity index (χ4n) is 2.59. The summed E-state index contributed by atoms with van der Waals surface area (Å²) < 4.78 is 31.7. The zero-order valence-electron chi connectivity index (χ0n) is 14.8. The maximum absolute atomic E-state index is 13.5. The molecule has 28 heavy (non-hydrogen) atoms. The molecule has 0 saturated heterocycles. The molecule has 2 aromatic heterocycles. The van der Waals surface area contributed by atoms with E-state index in [9.17, 15) is 8.78 Å². The lowest BCUT2D eigenvalue weighted by atomic mass is 10.1. The van der Waals surface area contributed by atoms with E-state index in [0.717, 1.165) is 17.7 Å². The number of benzene rings is 2. The molecule has 140 valence electrons. The minimum Gasteiger partial charge on any atom is -0.360 e. The van der Waals surface area contributed by atoms with Crippen LogP contribution in [0.15, 0.2) is 65.2 Å². The third-order valence-electron chi connectivity index (χ3n) is 3.86. The molecule has 4 aromatic rings. The van der Waals surface area contributed by atoms with Crippen LogP contribution in [0, 0.1) is 18.6 Å². The Morgan fingerprint density at radius 1 is 0.821 bits per heavy atom. The van der Waals surface area contributed by atoms with Crippen LogP contribution < -0.4 is 10.6 Å². The van der Waals surface area contributed by atoms with Crippen LogP contribution in [0.4, 0.5) is 32.1 Å². The molecule has 0 atom stereocenters. The standard InChI is InChI=1S/C20H15F2N5O/c1-12-9-19(27-28-12)26-20-24-17(13-5-3-2-4-6-13)11-18(25-20)23-14-7-8-15(21)16(22)10-14/h2-11H,1H3,(H2,23,24,25,26,27). The first kappa shape index (κ1) is 17.6. The molecule has 0 amide bonds. The van der Waals surface area contributed by atoms with E-state index in [1.807, 2.05) is 30.3 Å². The van der Waals surface area contributed by atoms with Gasteiger partial charge in [-0.05, 0) is 19.1 Å². The summed E-state index contributed by atoms with van der Waals surface area (Å²) in [7, 11) is 0. The van der Waals surface area contributed by atoms with Crippen molar-refractivity contribution in [2.45, 2.75) is 6.92 Å². The summed E-state index contributed by atoms with van der Waals surface area (Å²) in [6, 6.07) is 16.5. The molecule has 2 N–H and O–H groups in total. The Morgan fingerprint density at radius 3 is 2.36 bits per heavy atom. The molecule has 0 aliphatic rings. The highest BCUT2D eigenvalue weighted by Crippen LogP contribution is 2.25. The molecule has 6 nitrogen and oxygen atoms in total. The first-order valence-corrected chi connectivity index (χ1v) is 8.44. The third kappa shape index (κ3) is 3.96. The molecule has 0 aliphatic heterocycles. The van der Waals surface area contributed by atoms with Crippen LogP contribution in [0.1, 0.15) is 5.76 Å². The normalized spacial score (nSPS) is 10.7. The Bertz CT molecular complexity index is 1110. The van der Waals surface area contributed by atoms with Crippen molar-refractivity contribution in [3.63, 3.8) is 0 Å². The van der Waals surface area contributed by atoms with Crippen LogP contribution in [0.2, 0.25) is 0 Å². The van der Waals surface area contributed by atoms with Crippen molar-refractivity contribution in [2.75, 3.05) is 10.6 Å². The second-order valence-corrected chi connectivity index (χ2v) is 6.03. The molecule has 2 aromatic carbocycles. The largest absolute Gasteiger partial charge is 0.360 e. The van der Waals surface area contributed by atoms with Gasteiger partial charge in [-0.1, -0.05) is 35.5 Å². The number of aromatic nitrogens is 3. The number of hydrogen-bond donors (Lipinski definition) is 2. The van der Waals surface area contributed by atoms with E-state index in [1.54, 1.807) is 19.1 Å². The lowest BCUT2D eigenvalue weighted by molar-refractivity contribution is 0.400. The average Bonchev–Trinajstić information content (AvgIpc) is 3.10. The fraction of sp³-hybridized carbons (Fsp3) is 0.0500. The van der Waals surface area contributed by atoms with Gasteiger partial charge in [0.25, 0.3) is 0 Å². The molecule has 0 unspecified atom stereocenters. The van der Waals surface area contributed by atoms with E-state index in [0.29, 0.717) is 28.8 Å². The molecule has 0 bridgehead atoms. The van der Waals surface area contributed by atoms with E-state index < -0.39 is 11.6 Å². The molecule has 0 aliphatic carbocycles. The van der Waals surface area contributed by atoms with Gasteiger partial charge in [-0.2, -0.15) is 4.98 Å². The van der Waals surface area contributed by atoms with Crippen molar-refractivity contribution in [1.82, 2.24) is 15.1 Å². The van der Waals surface area contributed by atoms with Crippen LogP contribution in [0.25, 0.3) is 11.3 Å².